The number of thiol groups is 6. The number of quaternary nitrogens is 1. The predicted molar refractivity (Wildman–Crippen MR) is 339 cm³/mol. The monoisotopic (exact) mass is 1330 g/mol. The van der Waals surface area contributed by atoms with Crippen molar-refractivity contribution in [2.24, 2.45) is 10.9 Å². The van der Waals surface area contributed by atoms with E-state index < -0.39 is 0 Å². The van der Waals surface area contributed by atoms with Crippen molar-refractivity contribution in [3.8, 4) is 0 Å². The van der Waals surface area contributed by atoms with Crippen molar-refractivity contribution in [3.05, 3.63) is 28.5 Å². The number of thiocarbonyl (C=S) groups is 1. The number of aromatic nitrogens is 5. The normalized spacial score (nSPS) is 17.8. The van der Waals surface area contributed by atoms with Crippen molar-refractivity contribution < 1.29 is 6.84 Å². The molecule has 0 aromatic carbocycles. The molecule has 62 heavy (non-hydrogen) atoms. The van der Waals surface area contributed by atoms with Crippen LogP contribution in [0.1, 0.15) is 20.3 Å². The number of nitrogens with zero attached hydrogens (tertiary/aromatic N) is 2. The van der Waals surface area contributed by atoms with Crippen molar-refractivity contribution in [1.82, 2.24) is 25.1 Å². The van der Waals surface area contributed by atoms with Crippen LogP contribution in [0.5, 0.6) is 0 Å². The van der Waals surface area contributed by atoms with E-state index in [1.807, 2.05) is 70.6 Å². The molecule has 5 N–H and O–H groups in total. The van der Waals surface area contributed by atoms with E-state index in [2.05, 4.69) is 151 Å². The number of ether oxygens (including phenoxy) is 1. The molecule has 4 atom stereocenters. The lowest BCUT2D eigenvalue weighted by atomic mass is 10.1. The highest BCUT2D eigenvalue weighted by molar-refractivity contribution is 8.54. The fourth-order valence-electron chi connectivity index (χ4n) is 3.29. The van der Waals surface area contributed by atoms with Gasteiger partial charge in [0, 0.05) is 23.8 Å². The van der Waals surface area contributed by atoms with Crippen molar-refractivity contribution in [2.45, 2.75) is 51.5 Å². The summed E-state index contributed by atoms with van der Waals surface area (Å²) in [6.45, 7) is 9.25. The van der Waals surface area contributed by atoms with Crippen LogP contribution in [0.2, 0.25) is 0 Å². The van der Waals surface area contributed by atoms with Gasteiger partial charge in [-0.3, -0.25) is 10.2 Å². The van der Waals surface area contributed by atoms with Crippen LogP contribution in [0.25, 0.3) is 0 Å². The smallest absolute Gasteiger partial charge is 0.178 e. The van der Waals surface area contributed by atoms with Crippen molar-refractivity contribution in [2.75, 3.05) is 50.0 Å². The standard InChI is InChI=1S/C6S8.C6H12S.C5H8S5.C4H10OS2.C3H3N3S3.C2H2N2S3.C2H5N.H4NS4/c7-5-11-1-2(12-5)10-4-3(9-1)13-6(8)14-4;1-5-3-4-7-6(5)2;1-7-3-4(8-2)10-5(6)9-3;6-3-1-5-2-4-7;7-1-4-2(8)6-3(9)5-1;5-1-3-4-2(6)7-1;1-3-2;2-1(3,4)5/h;5-6H,3-4H2,1-2H3;3-4H,1-2H3;6-7H,1-4H2;(H3,4,5,6,7,8,9);(H,3,5)(H,4,6);1H2,2H3;2-5H/q;;;;;;;+1. The number of nitrogens with one attached hydrogen (secondary N) is 5. The molecule has 0 spiro atoms. The van der Waals surface area contributed by atoms with E-state index in [-0.39, 0.29) is 2.10 Å². The molecule has 7 heterocycles. The minimum atomic E-state index is -0.222. The van der Waals surface area contributed by atoms with Crippen molar-refractivity contribution in [3.63, 3.8) is 0 Å². The molecule has 4 unspecified atom stereocenters. The Morgan fingerprint density at radius 2 is 1.03 bits per heavy atom. The molecule has 0 bridgehead atoms. The van der Waals surface area contributed by atoms with Gasteiger partial charge in [-0.1, -0.05) is 111 Å². The second-order valence-electron chi connectivity index (χ2n) is 10.5. The third-order valence-electron chi connectivity index (χ3n) is 5.88. The average molecular weight is 1330 g/mol. The van der Waals surface area contributed by atoms with E-state index in [1.165, 1.54) is 40.3 Å². The van der Waals surface area contributed by atoms with Crippen LogP contribution < -0.4 is 0 Å². The second kappa shape index (κ2) is 39.0. The molecule has 0 radical (unpaired) electrons. The molecule has 4 aromatic heterocycles. The van der Waals surface area contributed by atoms with Gasteiger partial charge in [0.1, 0.15) is 9.80 Å². The highest BCUT2D eigenvalue weighted by Gasteiger charge is 2.31. The molecular weight excluding hydrogens is 1280 g/mol. The highest BCUT2D eigenvalue weighted by Crippen LogP contribution is 2.57. The van der Waals surface area contributed by atoms with Gasteiger partial charge in [-0.05, 0) is 98.4 Å². The number of fused-ring (bicyclic) bond motifs is 2. The summed E-state index contributed by atoms with van der Waals surface area (Å²) in [7, 11) is 1.64. The Kier molecular flexibility index (Phi) is 41.8. The molecule has 2 fully saturated rings. The molecule has 0 aliphatic carbocycles. The lowest BCUT2D eigenvalue weighted by Gasteiger charge is -2.10. The zero-order valence-electron chi connectivity index (χ0n) is 32.9. The number of thioether (sulfide) groups is 5. The Labute approximate surface area is 488 Å². The zero-order valence-corrected chi connectivity index (χ0v) is 54.6. The molecule has 2 saturated heterocycles. The number of hydrogen-bond donors (Lipinski definition) is 11. The van der Waals surface area contributed by atoms with Gasteiger partial charge in [-0.2, -0.15) is 37.0 Å². The number of rotatable bonds is 6. The summed E-state index contributed by atoms with van der Waals surface area (Å²) in [5.74, 6) is 3.97. The van der Waals surface area contributed by atoms with E-state index in [0.29, 0.717) is 31.4 Å². The first-order valence-corrected chi connectivity index (χ1v) is 33.7. The molecule has 3 aliphatic rings. The maximum Gasteiger partial charge on any atom is 0.178 e. The number of hydrogen-bond acceptors (Lipinski definition) is 28. The quantitative estimate of drug-likeness (QED) is 0.0261. The molecule has 8 nitrogen and oxygen atoms in total. The first kappa shape index (κ1) is 66.4. The molecule has 352 valence electrons. The van der Waals surface area contributed by atoms with Gasteiger partial charge in [0.25, 0.3) is 0 Å². The topological polar surface area (TPSA) is 101 Å². The third-order valence-corrected chi connectivity index (χ3v) is 24.9. The van der Waals surface area contributed by atoms with Crippen LogP contribution in [0.4, 0.5) is 0 Å². The van der Waals surface area contributed by atoms with Crippen LogP contribution in [0.15, 0.2) is 21.8 Å². The van der Waals surface area contributed by atoms with Crippen LogP contribution >= 0.6 is 313 Å². The number of aromatic amines is 5. The van der Waals surface area contributed by atoms with Crippen LogP contribution in [0, 0.1) is 34.4 Å². The largest absolute Gasteiger partial charge is 0.380 e. The maximum atomic E-state index is 5.19. The number of H-pyrrole nitrogens is 5. The molecular formula is C28H44N7OS26+. The van der Waals surface area contributed by atoms with Gasteiger partial charge in [-0.15, -0.1) is 68.9 Å². The highest BCUT2D eigenvalue weighted by atomic mass is 32.3. The van der Waals surface area contributed by atoms with Gasteiger partial charge in [0.05, 0.1) is 90.5 Å². The van der Waals surface area contributed by atoms with E-state index in [9.17, 15) is 0 Å². The minimum Gasteiger partial charge on any atom is -0.380 e. The summed E-state index contributed by atoms with van der Waals surface area (Å²) in [5.41, 5.74) is 0. The first-order valence-electron chi connectivity index (χ1n) is 16.4. The summed E-state index contributed by atoms with van der Waals surface area (Å²) < 4.78 is 17.4. The molecule has 0 saturated carbocycles. The van der Waals surface area contributed by atoms with Gasteiger partial charge >= 0.3 is 0 Å². The van der Waals surface area contributed by atoms with Crippen LogP contribution in [0.3, 0.4) is 0 Å². The zero-order chi connectivity index (χ0) is 47.4. The van der Waals surface area contributed by atoms with Gasteiger partial charge in [0.2, 0.25) is 0 Å². The molecule has 7 rings (SSSR count). The number of aliphatic imine (C=N–C) groups is 1. The minimum absolute atomic E-state index is 0.222. The summed E-state index contributed by atoms with van der Waals surface area (Å²) in [6.07, 6.45) is 5.73. The van der Waals surface area contributed by atoms with E-state index in [4.69, 9.17) is 102 Å². The second-order valence-corrected chi connectivity index (χ2v) is 36.3. The Hall–Kier alpha value is 4.44. The van der Waals surface area contributed by atoms with E-state index >= 15 is 0 Å². The van der Waals surface area contributed by atoms with Crippen molar-refractivity contribution in [1.29, 1.82) is 0 Å². The summed E-state index contributed by atoms with van der Waals surface area (Å²) in [4.78, 5) is 11.2. The van der Waals surface area contributed by atoms with Gasteiger partial charge < -0.3 is 24.7 Å². The summed E-state index contributed by atoms with van der Waals surface area (Å²) in [5, 5.41) is 6.28. The fraction of sp³-hybridized carbons (Fsp3) is 0.536. The lowest BCUT2D eigenvalue weighted by molar-refractivity contribution is -0.250. The Morgan fingerprint density at radius 1 is 0.694 bits per heavy atom. The molecule has 0 amide bonds. The fourth-order valence-corrected chi connectivity index (χ4v) is 23.6. The van der Waals surface area contributed by atoms with Crippen LogP contribution in [-0.4, -0.2) is 102 Å². The molecule has 4 aromatic rings. The Bertz CT molecular complexity index is 2020. The molecule has 3 aliphatic heterocycles. The summed E-state index contributed by atoms with van der Waals surface area (Å²) >= 11 is 83.0. The summed E-state index contributed by atoms with van der Waals surface area (Å²) in [6, 6.07) is 0. The Balaban J connectivity index is 0.000000710. The lowest BCUT2D eigenvalue weighted by Crippen LogP contribution is -2.04. The third kappa shape index (κ3) is 33.9. The first-order chi connectivity index (χ1) is 29.1. The predicted octanol–water partition coefficient (Wildman–Crippen LogP) is 17.4. The van der Waals surface area contributed by atoms with Gasteiger partial charge in [-0.25, -0.2) is 0 Å². The maximum absolute atomic E-state index is 5.19. The van der Waals surface area contributed by atoms with E-state index in [1.54, 1.807) is 52.4 Å². The SMILES string of the molecule is C=NC.CC1CCSC1C.CSC1SC(=S)SC1SC.S=c1[nH][nH]c(=S)s1.S=c1[nH]c(=S)[nH]c(=S)[nH]1.S=c1sc2c(s1)Sc1sc(=S)sc1S2.SCCOCCS.S[N+](S)(S)S. The van der Waals surface area contributed by atoms with Crippen LogP contribution in [-0.2, 0) is 4.74 Å². The van der Waals surface area contributed by atoms with Gasteiger partial charge in [0.15, 0.2) is 22.2 Å². The molecule has 34 heteroatoms. The Morgan fingerprint density at radius 3 is 1.24 bits per heavy atom. The van der Waals surface area contributed by atoms with E-state index in [0.717, 1.165) is 45.7 Å². The van der Waals surface area contributed by atoms with Crippen molar-refractivity contribution >= 4 is 324 Å². The average Bonchev–Trinajstić information content (AvgIpc) is 4.00.